The van der Waals surface area contributed by atoms with Crippen LogP contribution in [0.5, 0.6) is 0 Å². The summed E-state index contributed by atoms with van der Waals surface area (Å²) >= 11 is 1.83. The number of rotatable bonds is 5. The maximum atomic E-state index is 6.32. The van der Waals surface area contributed by atoms with Gasteiger partial charge in [0.1, 0.15) is 5.82 Å². The van der Waals surface area contributed by atoms with Gasteiger partial charge in [0, 0.05) is 6.04 Å². The minimum atomic E-state index is 0.0163. The third kappa shape index (κ3) is 2.95. The average molecular weight is 277 g/mol. The van der Waals surface area contributed by atoms with Gasteiger partial charge in [0.2, 0.25) is 0 Å². The molecule has 2 N–H and O–H groups in total. The molecular weight excluding hydrogens is 254 g/mol. The van der Waals surface area contributed by atoms with Gasteiger partial charge in [-0.3, -0.25) is 0 Å². The molecule has 19 heavy (non-hydrogen) atoms. The first-order valence-corrected chi connectivity index (χ1v) is 8.17. The van der Waals surface area contributed by atoms with Crippen molar-refractivity contribution in [2.75, 3.05) is 12.0 Å². The van der Waals surface area contributed by atoms with Crippen LogP contribution in [-0.4, -0.2) is 21.6 Å². The van der Waals surface area contributed by atoms with E-state index in [1.807, 2.05) is 11.8 Å². The highest BCUT2D eigenvalue weighted by atomic mass is 32.2. The van der Waals surface area contributed by atoms with Crippen LogP contribution >= 0.6 is 11.8 Å². The summed E-state index contributed by atoms with van der Waals surface area (Å²) in [5, 5.41) is 0. The fourth-order valence-electron chi connectivity index (χ4n) is 2.41. The first-order valence-electron chi connectivity index (χ1n) is 6.77. The lowest BCUT2D eigenvalue weighted by molar-refractivity contribution is 0.536. The van der Waals surface area contributed by atoms with Gasteiger partial charge in [-0.15, -0.1) is 0 Å². The van der Waals surface area contributed by atoms with Crippen molar-refractivity contribution < 1.29 is 0 Å². The van der Waals surface area contributed by atoms with E-state index in [1.165, 1.54) is 11.1 Å². The van der Waals surface area contributed by atoms with Crippen molar-refractivity contribution in [3.63, 3.8) is 0 Å². The molecule has 0 aliphatic heterocycles. The maximum absolute atomic E-state index is 6.32. The number of imidazole rings is 1. The van der Waals surface area contributed by atoms with E-state index in [4.69, 9.17) is 10.7 Å². The van der Waals surface area contributed by atoms with Gasteiger partial charge in [0.15, 0.2) is 0 Å². The van der Waals surface area contributed by atoms with Gasteiger partial charge in [-0.1, -0.05) is 6.07 Å². The van der Waals surface area contributed by atoms with Crippen molar-refractivity contribution in [3.05, 3.63) is 29.6 Å². The summed E-state index contributed by atoms with van der Waals surface area (Å²) in [5.41, 5.74) is 9.81. The van der Waals surface area contributed by atoms with Crippen LogP contribution in [0.25, 0.3) is 11.0 Å². The Balaban J connectivity index is 2.49. The van der Waals surface area contributed by atoms with Crippen molar-refractivity contribution in [3.8, 4) is 0 Å². The van der Waals surface area contributed by atoms with Gasteiger partial charge in [-0.2, -0.15) is 11.8 Å². The minimum absolute atomic E-state index is 0.0163. The number of hydrogen-bond donors (Lipinski definition) is 1. The zero-order valence-corrected chi connectivity index (χ0v) is 13.0. The summed E-state index contributed by atoms with van der Waals surface area (Å²) in [6.07, 6.45) is 3.08. The molecule has 0 aliphatic carbocycles. The third-order valence-corrected chi connectivity index (χ3v) is 4.00. The lowest BCUT2D eigenvalue weighted by atomic mass is 10.2. The standard InChI is InChI=1S/C15H23N3S/c1-10(2)18-14-6-5-11(3)9-13(14)17-15(18)12(16)7-8-19-4/h5-6,9-10,12H,7-8,16H2,1-4H3. The summed E-state index contributed by atoms with van der Waals surface area (Å²) in [7, 11) is 0. The minimum Gasteiger partial charge on any atom is -0.324 e. The van der Waals surface area contributed by atoms with Gasteiger partial charge >= 0.3 is 0 Å². The van der Waals surface area contributed by atoms with Gasteiger partial charge in [0.25, 0.3) is 0 Å². The number of nitrogens with zero attached hydrogens (tertiary/aromatic N) is 2. The number of benzene rings is 1. The summed E-state index contributed by atoms with van der Waals surface area (Å²) < 4.78 is 2.28. The molecule has 1 heterocycles. The predicted octanol–water partition coefficient (Wildman–Crippen LogP) is 3.68. The van der Waals surface area contributed by atoms with Gasteiger partial charge in [-0.25, -0.2) is 4.98 Å². The van der Waals surface area contributed by atoms with E-state index in [2.05, 4.69) is 49.8 Å². The van der Waals surface area contributed by atoms with E-state index >= 15 is 0 Å². The first kappa shape index (κ1) is 14.4. The number of thioether (sulfide) groups is 1. The van der Waals surface area contributed by atoms with Crippen molar-refractivity contribution >= 4 is 22.8 Å². The maximum Gasteiger partial charge on any atom is 0.127 e. The summed E-state index contributed by atoms with van der Waals surface area (Å²) in [6.45, 7) is 6.47. The lowest BCUT2D eigenvalue weighted by Gasteiger charge is -2.17. The topological polar surface area (TPSA) is 43.8 Å². The first-order chi connectivity index (χ1) is 9.04. The molecule has 0 fully saturated rings. The van der Waals surface area contributed by atoms with Crippen molar-refractivity contribution in [2.24, 2.45) is 5.73 Å². The highest BCUT2D eigenvalue weighted by Crippen LogP contribution is 2.26. The highest BCUT2D eigenvalue weighted by molar-refractivity contribution is 7.98. The molecule has 0 spiro atoms. The Hall–Kier alpha value is -1.00. The van der Waals surface area contributed by atoms with Crippen LogP contribution in [-0.2, 0) is 0 Å². The van der Waals surface area contributed by atoms with E-state index in [-0.39, 0.29) is 6.04 Å². The fraction of sp³-hybridized carbons (Fsp3) is 0.533. The lowest BCUT2D eigenvalue weighted by Crippen LogP contribution is -2.18. The molecule has 0 saturated heterocycles. The van der Waals surface area contributed by atoms with E-state index < -0.39 is 0 Å². The van der Waals surface area contributed by atoms with Gasteiger partial charge < -0.3 is 10.3 Å². The Labute approximate surface area is 119 Å². The van der Waals surface area contributed by atoms with Crippen LogP contribution in [0.1, 0.15) is 43.7 Å². The number of aromatic nitrogens is 2. The summed E-state index contributed by atoms with van der Waals surface area (Å²) in [6, 6.07) is 6.83. The van der Waals surface area contributed by atoms with E-state index in [9.17, 15) is 0 Å². The molecule has 1 unspecified atom stereocenters. The smallest absolute Gasteiger partial charge is 0.127 e. The Kier molecular flexibility index (Phi) is 4.53. The number of nitrogens with two attached hydrogens (primary N) is 1. The van der Waals surface area contributed by atoms with Crippen molar-refractivity contribution in [1.82, 2.24) is 9.55 Å². The molecule has 0 aliphatic rings. The average Bonchev–Trinajstić information content (AvgIpc) is 2.74. The Morgan fingerprint density at radius 2 is 2.11 bits per heavy atom. The van der Waals surface area contributed by atoms with Crippen LogP contribution in [0, 0.1) is 6.92 Å². The normalized spacial score (nSPS) is 13.4. The fourth-order valence-corrected chi connectivity index (χ4v) is 2.90. The number of aryl methyl sites for hydroxylation is 1. The highest BCUT2D eigenvalue weighted by Gasteiger charge is 2.18. The monoisotopic (exact) mass is 277 g/mol. The molecule has 1 aromatic heterocycles. The van der Waals surface area contributed by atoms with Crippen LogP contribution in [0.3, 0.4) is 0 Å². The van der Waals surface area contributed by atoms with Gasteiger partial charge in [0.05, 0.1) is 17.1 Å². The number of hydrogen-bond acceptors (Lipinski definition) is 3. The quantitative estimate of drug-likeness (QED) is 0.906. The summed E-state index contributed by atoms with van der Waals surface area (Å²) in [5.74, 6) is 2.09. The van der Waals surface area contributed by atoms with E-state index in [0.29, 0.717) is 6.04 Å². The predicted molar refractivity (Wildman–Crippen MR) is 84.8 cm³/mol. The van der Waals surface area contributed by atoms with Gasteiger partial charge in [-0.05, 0) is 56.9 Å². The molecule has 1 atom stereocenters. The SMILES string of the molecule is CSCCC(N)c1nc2cc(C)ccc2n1C(C)C. The Morgan fingerprint density at radius 3 is 2.74 bits per heavy atom. The molecule has 0 saturated carbocycles. The molecule has 1 aromatic carbocycles. The zero-order valence-electron chi connectivity index (χ0n) is 12.2. The molecule has 2 aromatic rings. The molecule has 2 rings (SSSR count). The molecule has 0 radical (unpaired) electrons. The molecule has 3 nitrogen and oxygen atoms in total. The van der Waals surface area contributed by atoms with E-state index in [1.54, 1.807) is 0 Å². The van der Waals surface area contributed by atoms with Crippen LogP contribution in [0.4, 0.5) is 0 Å². The molecule has 104 valence electrons. The Morgan fingerprint density at radius 1 is 1.37 bits per heavy atom. The number of fused-ring (bicyclic) bond motifs is 1. The second-order valence-electron chi connectivity index (χ2n) is 5.31. The van der Waals surface area contributed by atoms with Crippen molar-refractivity contribution in [1.29, 1.82) is 0 Å². The van der Waals surface area contributed by atoms with E-state index in [0.717, 1.165) is 23.5 Å². The zero-order chi connectivity index (χ0) is 14.0. The Bertz CT molecular complexity index is 560. The van der Waals surface area contributed by atoms with Crippen LogP contribution in [0.2, 0.25) is 0 Å². The molecule has 4 heteroatoms. The molecule has 0 bridgehead atoms. The summed E-state index contributed by atoms with van der Waals surface area (Å²) in [4.78, 5) is 4.78. The molecular formula is C15H23N3S. The molecule has 0 amide bonds. The second-order valence-corrected chi connectivity index (χ2v) is 6.30. The van der Waals surface area contributed by atoms with Crippen molar-refractivity contribution in [2.45, 2.75) is 39.3 Å². The van der Waals surface area contributed by atoms with Crippen LogP contribution in [0.15, 0.2) is 18.2 Å². The third-order valence-electron chi connectivity index (χ3n) is 3.35. The van der Waals surface area contributed by atoms with Crippen LogP contribution < -0.4 is 5.73 Å². The largest absolute Gasteiger partial charge is 0.324 e. The second kappa shape index (κ2) is 5.97.